The summed E-state index contributed by atoms with van der Waals surface area (Å²) >= 11 is 3.39. The van der Waals surface area contributed by atoms with Crippen LogP contribution < -0.4 is 0 Å². The molecule has 0 saturated heterocycles. The fraction of sp³-hybridized carbons (Fsp3) is 0.364. The molecule has 0 saturated carbocycles. The fourth-order valence-corrected chi connectivity index (χ4v) is 1.85. The minimum atomic E-state index is 0.230. The molecular weight excluding hydrogens is 242 g/mol. The van der Waals surface area contributed by atoms with Crippen LogP contribution in [0, 0.1) is 0 Å². The second-order valence-corrected chi connectivity index (χ2v) is 4.05. The molecule has 1 heterocycles. The van der Waals surface area contributed by atoms with Gasteiger partial charge in [-0.05, 0) is 5.56 Å². The maximum absolute atomic E-state index is 5.23. The molecule has 0 aromatic heterocycles. The molecule has 0 amide bonds. The Labute approximate surface area is 92.1 Å². The number of halogens is 1. The fourth-order valence-electron chi connectivity index (χ4n) is 1.51. The van der Waals surface area contributed by atoms with Crippen molar-refractivity contribution in [3.63, 3.8) is 0 Å². The van der Waals surface area contributed by atoms with Crippen molar-refractivity contribution in [3.8, 4) is 0 Å². The summed E-state index contributed by atoms with van der Waals surface area (Å²) in [5, 5.41) is 4.93. The summed E-state index contributed by atoms with van der Waals surface area (Å²) in [7, 11) is 0. The highest BCUT2D eigenvalue weighted by atomic mass is 79.9. The molecule has 1 aromatic carbocycles. The molecule has 1 unspecified atom stereocenters. The highest BCUT2D eigenvalue weighted by molar-refractivity contribution is 9.09. The number of alkyl halides is 1. The first-order chi connectivity index (χ1) is 6.88. The Morgan fingerprint density at radius 3 is 2.79 bits per heavy atom. The van der Waals surface area contributed by atoms with E-state index in [1.54, 1.807) is 0 Å². The molecule has 0 N–H and O–H groups in total. The van der Waals surface area contributed by atoms with Crippen LogP contribution in [0.3, 0.4) is 0 Å². The van der Waals surface area contributed by atoms with Gasteiger partial charge >= 0.3 is 0 Å². The van der Waals surface area contributed by atoms with Gasteiger partial charge in [0, 0.05) is 18.2 Å². The zero-order valence-corrected chi connectivity index (χ0v) is 9.40. The molecule has 74 valence electrons. The van der Waals surface area contributed by atoms with E-state index < -0.39 is 0 Å². The first-order valence-corrected chi connectivity index (χ1v) is 5.82. The summed E-state index contributed by atoms with van der Waals surface area (Å²) in [6.07, 6.45) is 2.08. The first kappa shape index (κ1) is 9.71. The van der Waals surface area contributed by atoms with E-state index in [9.17, 15) is 0 Å². The number of rotatable bonds is 3. The molecule has 2 rings (SSSR count). The van der Waals surface area contributed by atoms with Crippen molar-refractivity contribution < 1.29 is 4.84 Å². The largest absolute Gasteiger partial charge is 0.391 e. The van der Waals surface area contributed by atoms with E-state index in [0.29, 0.717) is 0 Å². The Hall–Kier alpha value is -0.830. The van der Waals surface area contributed by atoms with Gasteiger partial charge in [-0.25, -0.2) is 0 Å². The predicted octanol–water partition coefficient (Wildman–Crippen LogP) is 2.77. The van der Waals surface area contributed by atoms with E-state index in [0.717, 1.165) is 23.9 Å². The van der Waals surface area contributed by atoms with E-state index >= 15 is 0 Å². The zero-order valence-electron chi connectivity index (χ0n) is 7.82. The molecule has 0 fully saturated rings. The third-order valence-corrected chi connectivity index (χ3v) is 2.94. The van der Waals surface area contributed by atoms with Crippen LogP contribution in [-0.2, 0) is 11.3 Å². The van der Waals surface area contributed by atoms with Crippen molar-refractivity contribution in [3.05, 3.63) is 35.9 Å². The van der Waals surface area contributed by atoms with Crippen LogP contribution in [0.5, 0.6) is 0 Å². The van der Waals surface area contributed by atoms with Crippen molar-refractivity contribution in [1.29, 1.82) is 0 Å². The third-order valence-electron chi connectivity index (χ3n) is 2.22. The lowest BCUT2D eigenvalue weighted by molar-refractivity contribution is 0.104. The maximum atomic E-state index is 5.23. The average Bonchev–Trinajstić information content (AvgIpc) is 2.67. The monoisotopic (exact) mass is 253 g/mol. The minimum Gasteiger partial charge on any atom is -0.391 e. The number of nitrogens with zero attached hydrogens (tertiary/aromatic N) is 1. The normalized spacial score (nSPS) is 20.4. The van der Waals surface area contributed by atoms with Gasteiger partial charge in [-0.3, -0.25) is 0 Å². The molecule has 0 bridgehead atoms. The molecule has 0 aliphatic carbocycles. The molecular formula is C11H12BrNO. The summed E-state index contributed by atoms with van der Waals surface area (Å²) in [6, 6.07) is 10.4. The Morgan fingerprint density at radius 1 is 1.36 bits per heavy atom. The van der Waals surface area contributed by atoms with Crippen LogP contribution in [0.4, 0.5) is 0 Å². The Morgan fingerprint density at radius 2 is 2.14 bits per heavy atom. The standard InChI is InChI=1S/C11H12BrNO/c12-8-11-7-10(13-14-11)6-9-4-2-1-3-5-9/h1-5,11H,6-8H2. The Balaban J connectivity index is 1.94. The van der Waals surface area contributed by atoms with Gasteiger partial charge in [0.15, 0.2) is 0 Å². The minimum absolute atomic E-state index is 0.230. The summed E-state index contributed by atoms with van der Waals surface area (Å²) in [5.74, 6) is 0. The van der Waals surface area contributed by atoms with E-state index in [1.807, 2.05) is 18.2 Å². The lowest BCUT2D eigenvalue weighted by atomic mass is 10.1. The van der Waals surface area contributed by atoms with Crippen molar-refractivity contribution in [2.75, 3.05) is 5.33 Å². The summed E-state index contributed by atoms with van der Waals surface area (Å²) in [5.41, 5.74) is 2.44. The predicted molar refractivity (Wildman–Crippen MR) is 60.9 cm³/mol. The van der Waals surface area contributed by atoms with E-state index in [2.05, 4.69) is 33.2 Å². The molecule has 1 atom stereocenters. The molecule has 2 nitrogen and oxygen atoms in total. The van der Waals surface area contributed by atoms with Gasteiger partial charge in [-0.15, -0.1) is 0 Å². The van der Waals surface area contributed by atoms with Crippen LogP contribution in [0.1, 0.15) is 12.0 Å². The SMILES string of the molecule is BrCC1CC(Cc2ccccc2)=NO1. The van der Waals surface area contributed by atoms with E-state index in [-0.39, 0.29) is 6.10 Å². The number of hydrogen-bond donors (Lipinski definition) is 0. The number of benzene rings is 1. The Bertz CT molecular complexity index is 323. The van der Waals surface area contributed by atoms with Gasteiger partial charge < -0.3 is 4.84 Å². The average molecular weight is 254 g/mol. The quantitative estimate of drug-likeness (QED) is 0.760. The van der Waals surface area contributed by atoms with Crippen molar-refractivity contribution in [1.82, 2.24) is 0 Å². The molecule has 3 heteroatoms. The zero-order chi connectivity index (χ0) is 9.80. The smallest absolute Gasteiger partial charge is 0.142 e. The lowest BCUT2D eigenvalue weighted by Gasteiger charge is -2.01. The van der Waals surface area contributed by atoms with Crippen LogP contribution >= 0.6 is 15.9 Å². The van der Waals surface area contributed by atoms with E-state index in [4.69, 9.17) is 4.84 Å². The summed E-state index contributed by atoms with van der Waals surface area (Å²) < 4.78 is 0. The highest BCUT2D eigenvalue weighted by Crippen LogP contribution is 2.15. The number of hydrogen-bond acceptors (Lipinski definition) is 2. The topological polar surface area (TPSA) is 21.6 Å². The Kier molecular flexibility index (Phi) is 3.19. The van der Waals surface area contributed by atoms with Crippen molar-refractivity contribution in [2.24, 2.45) is 5.16 Å². The second kappa shape index (κ2) is 4.60. The highest BCUT2D eigenvalue weighted by Gasteiger charge is 2.19. The van der Waals surface area contributed by atoms with Gasteiger partial charge in [-0.2, -0.15) is 0 Å². The van der Waals surface area contributed by atoms with Gasteiger partial charge in [-0.1, -0.05) is 51.4 Å². The molecule has 14 heavy (non-hydrogen) atoms. The number of oxime groups is 1. The van der Waals surface area contributed by atoms with Gasteiger partial charge in [0.1, 0.15) is 6.10 Å². The van der Waals surface area contributed by atoms with Crippen LogP contribution in [0.25, 0.3) is 0 Å². The maximum Gasteiger partial charge on any atom is 0.142 e. The molecule has 0 spiro atoms. The first-order valence-electron chi connectivity index (χ1n) is 4.70. The van der Waals surface area contributed by atoms with Gasteiger partial charge in [0.05, 0.1) is 5.71 Å². The summed E-state index contributed by atoms with van der Waals surface area (Å²) in [6.45, 7) is 0. The molecule has 1 aliphatic rings. The van der Waals surface area contributed by atoms with E-state index in [1.165, 1.54) is 5.56 Å². The molecule has 1 aromatic rings. The van der Waals surface area contributed by atoms with Crippen molar-refractivity contribution in [2.45, 2.75) is 18.9 Å². The van der Waals surface area contributed by atoms with Crippen molar-refractivity contribution >= 4 is 21.6 Å². The summed E-state index contributed by atoms with van der Waals surface area (Å²) in [4.78, 5) is 5.23. The molecule has 0 radical (unpaired) electrons. The third kappa shape index (κ3) is 2.35. The van der Waals surface area contributed by atoms with Gasteiger partial charge in [0.25, 0.3) is 0 Å². The van der Waals surface area contributed by atoms with Gasteiger partial charge in [0.2, 0.25) is 0 Å². The van der Waals surface area contributed by atoms with Crippen LogP contribution in [0.15, 0.2) is 35.5 Å². The van der Waals surface area contributed by atoms with Crippen LogP contribution in [0.2, 0.25) is 0 Å². The van der Waals surface area contributed by atoms with Crippen LogP contribution in [-0.4, -0.2) is 17.1 Å². The molecule has 1 aliphatic heterocycles. The second-order valence-electron chi connectivity index (χ2n) is 3.41. The lowest BCUT2D eigenvalue weighted by Crippen LogP contribution is -2.10.